The van der Waals surface area contributed by atoms with Gasteiger partial charge in [-0.1, -0.05) is 41.9 Å². The number of hydrogen-bond acceptors (Lipinski definition) is 3. The fraction of sp³-hybridized carbons (Fsp3) is 0.0769. The minimum absolute atomic E-state index is 0.0316. The summed E-state index contributed by atoms with van der Waals surface area (Å²) in [6.07, 6.45) is 0. The van der Waals surface area contributed by atoms with Gasteiger partial charge in [0.25, 0.3) is 0 Å². The lowest BCUT2D eigenvalue weighted by Gasteiger charge is -2.06. The SMILES string of the molecule is O=S(=O)(Cc1ccccc1)c1ccc(O)c(Cl)c1. The molecule has 0 fully saturated rings. The van der Waals surface area contributed by atoms with Crippen LogP contribution in [-0.4, -0.2) is 13.5 Å². The zero-order valence-corrected chi connectivity index (χ0v) is 10.9. The number of hydrogen-bond donors (Lipinski definition) is 1. The highest BCUT2D eigenvalue weighted by Gasteiger charge is 2.16. The van der Waals surface area contributed by atoms with Gasteiger partial charge in [0.05, 0.1) is 15.7 Å². The molecular weight excluding hydrogens is 272 g/mol. The summed E-state index contributed by atoms with van der Waals surface area (Å²) in [5, 5.41) is 9.30. The van der Waals surface area contributed by atoms with Crippen LogP contribution in [-0.2, 0) is 15.6 Å². The van der Waals surface area contributed by atoms with E-state index in [1.165, 1.54) is 18.2 Å². The van der Waals surface area contributed by atoms with Crippen molar-refractivity contribution in [1.29, 1.82) is 0 Å². The van der Waals surface area contributed by atoms with Crippen LogP contribution < -0.4 is 0 Å². The molecule has 0 radical (unpaired) electrons. The molecule has 0 aliphatic rings. The van der Waals surface area contributed by atoms with Gasteiger partial charge in [-0.3, -0.25) is 0 Å². The number of aromatic hydroxyl groups is 1. The average Bonchev–Trinajstić information content (AvgIpc) is 2.33. The van der Waals surface area contributed by atoms with E-state index >= 15 is 0 Å². The van der Waals surface area contributed by atoms with Gasteiger partial charge in [0.1, 0.15) is 5.75 Å². The average molecular weight is 283 g/mol. The topological polar surface area (TPSA) is 54.4 Å². The van der Waals surface area contributed by atoms with E-state index in [-0.39, 0.29) is 21.4 Å². The Labute approximate surface area is 111 Å². The minimum atomic E-state index is -3.45. The molecule has 0 spiro atoms. The van der Waals surface area contributed by atoms with Crippen LogP contribution >= 0.6 is 11.6 Å². The molecule has 2 rings (SSSR count). The van der Waals surface area contributed by atoms with E-state index in [1.807, 2.05) is 6.07 Å². The second-order valence-electron chi connectivity index (χ2n) is 3.86. The molecule has 0 aromatic heterocycles. The van der Waals surface area contributed by atoms with E-state index in [4.69, 9.17) is 11.6 Å². The molecule has 0 aliphatic carbocycles. The normalized spacial score (nSPS) is 11.4. The van der Waals surface area contributed by atoms with Crippen molar-refractivity contribution in [2.45, 2.75) is 10.6 Å². The molecule has 1 N–H and O–H groups in total. The summed E-state index contributed by atoms with van der Waals surface area (Å²) in [5.41, 5.74) is 0.710. The highest BCUT2D eigenvalue weighted by Crippen LogP contribution is 2.27. The summed E-state index contributed by atoms with van der Waals surface area (Å²) < 4.78 is 24.2. The Bertz CT molecular complexity index is 651. The quantitative estimate of drug-likeness (QED) is 0.941. The molecule has 18 heavy (non-hydrogen) atoms. The third-order valence-electron chi connectivity index (χ3n) is 2.48. The molecule has 0 amide bonds. The van der Waals surface area contributed by atoms with E-state index in [9.17, 15) is 13.5 Å². The van der Waals surface area contributed by atoms with Crippen LogP contribution in [0.2, 0.25) is 5.02 Å². The van der Waals surface area contributed by atoms with Crippen molar-refractivity contribution in [3.8, 4) is 5.75 Å². The van der Waals surface area contributed by atoms with Gasteiger partial charge in [-0.25, -0.2) is 8.42 Å². The van der Waals surface area contributed by atoms with Crippen molar-refractivity contribution in [3.05, 3.63) is 59.1 Å². The Hall–Kier alpha value is -1.52. The molecule has 0 bridgehead atoms. The zero-order valence-electron chi connectivity index (χ0n) is 9.38. The second-order valence-corrected chi connectivity index (χ2v) is 6.25. The first-order valence-corrected chi connectivity index (χ1v) is 7.27. The van der Waals surface area contributed by atoms with Crippen molar-refractivity contribution >= 4 is 21.4 Å². The van der Waals surface area contributed by atoms with Crippen LogP contribution in [0.25, 0.3) is 0 Å². The summed E-state index contributed by atoms with van der Waals surface area (Å²) in [5.74, 6) is -0.218. The molecule has 0 saturated carbocycles. The number of benzene rings is 2. The van der Waals surface area contributed by atoms with Crippen molar-refractivity contribution in [2.75, 3.05) is 0 Å². The highest BCUT2D eigenvalue weighted by atomic mass is 35.5. The van der Waals surface area contributed by atoms with Gasteiger partial charge >= 0.3 is 0 Å². The molecule has 2 aromatic rings. The first-order valence-electron chi connectivity index (χ1n) is 5.24. The van der Waals surface area contributed by atoms with Gasteiger partial charge in [0, 0.05) is 0 Å². The Balaban J connectivity index is 2.34. The largest absolute Gasteiger partial charge is 0.506 e. The van der Waals surface area contributed by atoms with Gasteiger partial charge in [-0.05, 0) is 23.8 Å². The summed E-state index contributed by atoms with van der Waals surface area (Å²) in [4.78, 5) is 0.106. The van der Waals surface area contributed by atoms with E-state index in [2.05, 4.69) is 0 Å². The highest BCUT2D eigenvalue weighted by molar-refractivity contribution is 7.90. The van der Waals surface area contributed by atoms with Gasteiger partial charge in [0.15, 0.2) is 9.84 Å². The predicted molar refractivity (Wildman–Crippen MR) is 70.4 cm³/mol. The molecule has 2 aromatic carbocycles. The van der Waals surface area contributed by atoms with E-state index in [1.54, 1.807) is 24.3 Å². The van der Waals surface area contributed by atoms with Crippen molar-refractivity contribution in [1.82, 2.24) is 0 Å². The van der Waals surface area contributed by atoms with Crippen LogP contribution in [0.3, 0.4) is 0 Å². The van der Waals surface area contributed by atoms with Gasteiger partial charge in [-0.15, -0.1) is 0 Å². The van der Waals surface area contributed by atoms with Crippen LogP contribution in [0.15, 0.2) is 53.4 Å². The maximum atomic E-state index is 12.1. The van der Waals surface area contributed by atoms with E-state index in [0.29, 0.717) is 5.56 Å². The smallest absolute Gasteiger partial charge is 0.182 e. The zero-order chi connectivity index (χ0) is 13.2. The van der Waals surface area contributed by atoms with Crippen molar-refractivity contribution in [2.24, 2.45) is 0 Å². The Kier molecular flexibility index (Phi) is 3.59. The van der Waals surface area contributed by atoms with Crippen LogP contribution in [0.1, 0.15) is 5.56 Å². The number of sulfone groups is 1. The van der Waals surface area contributed by atoms with Gasteiger partial charge in [0.2, 0.25) is 0 Å². The third kappa shape index (κ3) is 2.83. The summed E-state index contributed by atoms with van der Waals surface area (Å²) in [6.45, 7) is 0. The first-order chi connectivity index (χ1) is 8.49. The molecule has 0 atom stereocenters. The number of phenols is 1. The molecule has 0 aliphatic heterocycles. The van der Waals surface area contributed by atoms with Gasteiger partial charge < -0.3 is 5.11 Å². The van der Waals surface area contributed by atoms with E-state index in [0.717, 1.165) is 0 Å². The molecule has 94 valence electrons. The van der Waals surface area contributed by atoms with Crippen molar-refractivity contribution < 1.29 is 13.5 Å². The fourth-order valence-corrected chi connectivity index (χ4v) is 3.17. The monoisotopic (exact) mass is 282 g/mol. The molecule has 3 nitrogen and oxygen atoms in total. The number of phenolic OH excluding ortho intramolecular Hbond substituents is 1. The summed E-state index contributed by atoms with van der Waals surface area (Å²) in [7, 11) is -3.45. The third-order valence-corrected chi connectivity index (χ3v) is 4.47. The number of rotatable bonds is 3. The molecule has 0 heterocycles. The van der Waals surface area contributed by atoms with Gasteiger partial charge in [-0.2, -0.15) is 0 Å². The maximum absolute atomic E-state index is 12.1. The van der Waals surface area contributed by atoms with Crippen LogP contribution in [0.5, 0.6) is 5.75 Å². The fourth-order valence-electron chi connectivity index (χ4n) is 1.56. The van der Waals surface area contributed by atoms with Crippen LogP contribution in [0, 0.1) is 0 Å². The Morgan fingerprint density at radius 3 is 2.33 bits per heavy atom. The Morgan fingerprint density at radius 1 is 1.06 bits per heavy atom. The summed E-state index contributed by atoms with van der Waals surface area (Å²) >= 11 is 5.71. The molecular formula is C13H11ClO3S. The summed E-state index contributed by atoms with van der Waals surface area (Å²) in [6, 6.07) is 12.8. The lowest BCUT2D eigenvalue weighted by atomic mass is 10.2. The lowest BCUT2D eigenvalue weighted by molar-refractivity contribution is 0.475. The van der Waals surface area contributed by atoms with Crippen LogP contribution in [0.4, 0.5) is 0 Å². The first kappa shape index (κ1) is 12.9. The number of halogens is 1. The predicted octanol–water partition coefficient (Wildman–Crippen LogP) is 3.02. The molecule has 0 unspecified atom stereocenters. The maximum Gasteiger partial charge on any atom is 0.182 e. The lowest BCUT2D eigenvalue weighted by Crippen LogP contribution is -2.04. The second kappa shape index (κ2) is 5.00. The van der Waals surface area contributed by atoms with E-state index < -0.39 is 9.84 Å². The molecule has 5 heteroatoms. The Morgan fingerprint density at radius 2 is 1.72 bits per heavy atom. The van der Waals surface area contributed by atoms with Crippen molar-refractivity contribution in [3.63, 3.8) is 0 Å². The standard InChI is InChI=1S/C13H11ClO3S/c14-12-8-11(6-7-13(12)15)18(16,17)9-10-4-2-1-3-5-10/h1-8,15H,9H2. The molecule has 0 saturated heterocycles. The minimum Gasteiger partial charge on any atom is -0.506 e.